The molecule has 1 aromatic carbocycles. The van der Waals surface area contributed by atoms with Crippen molar-refractivity contribution in [1.29, 1.82) is 5.26 Å². The summed E-state index contributed by atoms with van der Waals surface area (Å²) in [5, 5.41) is 12.0. The molecule has 3 nitrogen and oxygen atoms in total. The van der Waals surface area contributed by atoms with E-state index >= 15 is 0 Å². The summed E-state index contributed by atoms with van der Waals surface area (Å²) in [6, 6.07) is 13.3. The highest BCUT2D eigenvalue weighted by Gasteiger charge is 2.13. The smallest absolute Gasteiger partial charge is 0.213 e. The van der Waals surface area contributed by atoms with Crippen molar-refractivity contribution in [3.05, 3.63) is 64.0 Å². The van der Waals surface area contributed by atoms with E-state index in [4.69, 9.17) is 0 Å². The van der Waals surface area contributed by atoms with Gasteiger partial charge in [-0.25, -0.2) is 0 Å². The number of thiophene rings is 1. The van der Waals surface area contributed by atoms with Crippen molar-refractivity contribution in [2.24, 2.45) is 0 Å². The standard InChI is InChI=1S/C16H10N2OS/c17-9-11(16(19)15-6-3-7-20-15)8-12-10-18-14-5-2-1-4-13(12)14/h1-8,10,18H. The van der Waals surface area contributed by atoms with E-state index in [0.29, 0.717) is 4.88 Å². The van der Waals surface area contributed by atoms with Crippen LogP contribution in [0.15, 0.2) is 53.5 Å². The Kier molecular flexibility index (Phi) is 3.20. The molecule has 0 saturated carbocycles. The molecule has 0 amide bonds. The van der Waals surface area contributed by atoms with Crippen molar-refractivity contribution in [3.8, 4) is 6.07 Å². The molecule has 0 fully saturated rings. The minimum Gasteiger partial charge on any atom is -0.361 e. The number of aromatic nitrogens is 1. The lowest BCUT2D eigenvalue weighted by atomic mass is 10.1. The molecule has 0 saturated heterocycles. The zero-order valence-electron chi connectivity index (χ0n) is 10.5. The van der Waals surface area contributed by atoms with Crippen molar-refractivity contribution in [2.45, 2.75) is 0 Å². The minimum atomic E-state index is -0.229. The highest BCUT2D eigenvalue weighted by atomic mass is 32.1. The van der Waals surface area contributed by atoms with Crippen molar-refractivity contribution < 1.29 is 4.79 Å². The number of aromatic amines is 1. The van der Waals surface area contributed by atoms with Gasteiger partial charge in [-0.2, -0.15) is 5.26 Å². The maximum atomic E-state index is 12.2. The Morgan fingerprint density at radius 1 is 1.25 bits per heavy atom. The SMILES string of the molecule is N#CC(=Cc1c[nH]c2ccccc12)C(=O)c1cccs1. The molecule has 0 aliphatic heterocycles. The van der Waals surface area contributed by atoms with Crippen molar-refractivity contribution in [1.82, 2.24) is 4.98 Å². The van der Waals surface area contributed by atoms with E-state index in [0.717, 1.165) is 16.5 Å². The first-order valence-electron chi connectivity index (χ1n) is 6.05. The number of nitrogens with one attached hydrogen (secondary N) is 1. The molecular weight excluding hydrogens is 268 g/mol. The van der Waals surface area contributed by atoms with Crippen LogP contribution in [0, 0.1) is 11.3 Å². The van der Waals surface area contributed by atoms with Gasteiger partial charge in [-0.05, 0) is 23.6 Å². The fraction of sp³-hybridized carbons (Fsp3) is 0. The molecule has 20 heavy (non-hydrogen) atoms. The number of H-pyrrole nitrogens is 1. The second-order valence-corrected chi connectivity index (χ2v) is 5.21. The van der Waals surface area contributed by atoms with E-state index in [-0.39, 0.29) is 11.4 Å². The molecule has 0 radical (unpaired) electrons. The second kappa shape index (κ2) is 5.16. The maximum Gasteiger partial charge on any atom is 0.213 e. The predicted molar refractivity (Wildman–Crippen MR) is 80.5 cm³/mol. The average molecular weight is 278 g/mol. The number of ketones is 1. The van der Waals surface area contributed by atoms with Gasteiger partial charge in [0.2, 0.25) is 5.78 Å². The van der Waals surface area contributed by atoms with Crippen LogP contribution in [0.2, 0.25) is 0 Å². The van der Waals surface area contributed by atoms with Crippen molar-refractivity contribution in [2.75, 3.05) is 0 Å². The number of Topliss-reactive ketones (excluding diaryl/α,β-unsaturated/α-hetero) is 1. The number of rotatable bonds is 3. The number of carbonyl (C=O) groups is 1. The summed E-state index contributed by atoms with van der Waals surface area (Å²) < 4.78 is 0. The van der Waals surface area contributed by atoms with Gasteiger partial charge in [0.15, 0.2) is 0 Å². The van der Waals surface area contributed by atoms with Crippen LogP contribution in [-0.2, 0) is 0 Å². The molecule has 1 N–H and O–H groups in total. The Balaban J connectivity index is 2.05. The average Bonchev–Trinajstić information content (AvgIpc) is 3.14. The number of para-hydroxylation sites is 1. The van der Waals surface area contributed by atoms with E-state index in [1.165, 1.54) is 11.3 Å². The molecule has 3 rings (SSSR count). The van der Waals surface area contributed by atoms with Gasteiger partial charge in [0, 0.05) is 22.7 Å². The number of benzene rings is 1. The van der Waals surface area contributed by atoms with E-state index in [2.05, 4.69) is 4.98 Å². The van der Waals surface area contributed by atoms with Crippen LogP contribution < -0.4 is 0 Å². The van der Waals surface area contributed by atoms with Gasteiger partial charge in [0.25, 0.3) is 0 Å². The summed E-state index contributed by atoms with van der Waals surface area (Å²) in [6.07, 6.45) is 3.45. The Morgan fingerprint density at radius 2 is 2.10 bits per heavy atom. The maximum absolute atomic E-state index is 12.2. The molecule has 96 valence electrons. The van der Waals surface area contributed by atoms with Gasteiger partial charge < -0.3 is 4.98 Å². The number of hydrogen-bond donors (Lipinski definition) is 1. The van der Waals surface area contributed by atoms with Gasteiger partial charge >= 0.3 is 0 Å². The first-order valence-corrected chi connectivity index (χ1v) is 6.93. The molecule has 3 aromatic rings. The van der Waals surface area contributed by atoms with Crippen molar-refractivity contribution in [3.63, 3.8) is 0 Å². The molecule has 0 atom stereocenters. The first kappa shape index (κ1) is 12.4. The van der Waals surface area contributed by atoms with Crippen LogP contribution in [0.4, 0.5) is 0 Å². The lowest BCUT2D eigenvalue weighted by molar-refractivity contribution is 0.104. The highest BCUT2D eigenvalue weighted by Crippen LogP contribution is 2.22. The van der Waals surface area contributed by atoms with E-state index in [1.54, 1.807) is 18.2 Å². The molecule has 4 heteroatoms. The van der Waals surface area contributed by atoms with E-state index in [1.807, 2.05) is 41.9 Å². The summed E-state index contributed by atoms with van der Waals surface area (Å²) in [6.45, 7) is 0. The van der Waals surface area contributed by atoms with Gasteiger partial charge in [-0.1, -0.05) is 24.3 Å². The minimum absolute atomic E-state index is 0.150. The quantitative estimate of drug-likeness (QED) is 0.447. The Labute approximate surface area is 119 Å². The highest BCUT2D eigenvalue weighted by molar-refractivity contribution is 7.12. The molecule has 0 bridgehead atoms. The largest absolute Gasteiger partial charge is 0.361 e. The normalized spacial score (nSPS) is 11.4. The Hall–Kier alpha value is -2.64. The first-order chi connectivity index (χ1) is 9.79. The van der Waals surface area contributed by atoms with Crippen LogP contribution >= 0.6 is 11.3 Å². The number of allylic oxidation sites excluding steroid dienone is 1. The number of nitrogens with zero attached hydrogens (tertiary/aromatic N) is 1. The van der Waals surface area contributed by atoms with Crippen LogP contribution in [-0.4, -0.2) is 10.8 Å². The van der Waals surface area contributed by atoms with Crippen molar-refractivity contribution >= 4 is 34.1 Å². The topological polar surface area (TPSA) is 56.6 Å². The summed E-state index contributed by atoms with van der Waals surface area (Å²) >= 11 is 1.34. The lowest BCUT2D eigenvalue weighted by Gasteiger charge is -1.96. The molecule has 0 aliphatic rings. The van der Waals surface area contributed by atoms with Gasteiger partial charge in [-0.3, -0.25) is 4.79 Å². The third kappa shape index (κ3) is 2.15. The Bertz CT molecular complexity index is 835. The monoisotopic (exact) mass is 278 g/mol. The molecule has 0 aliphatic carbocycles. The number of hydrogen-bond acceptors (Lipinski definition) is 3. The van der Waals surface area contributed by atoms with E-state index in [9.17, 15) is 10.1 Å². The predicted octanol–water partition coefficient (Wildman–Crippen LogP) is 4.02. The van der Waals surface area contributed by atoms with Crippen LogP contribution in [0.5, 0.6) is 0 Å². The zero-order chi connectivity index (χ0) is 13.9. The zero-order valence-corrected chi connectivity index (χ0v) is 11.3. The molecular formula is C16H10N2OS. The summed E-state index contributed by atoms with van der Waals surface area (Å²) in [5.74, 6) is -0.229. The van der Waals surface area contributed by atoms with Gasteiger partial charge in [-0.15, -0.1) is 11.3 Å². The van der Waals surface area contributed by atoms with Gasteiger partial charge in [0.05, 0.1) is 4.88 Å². The lowest BCUT2D eigenvalue weighted by Crippen LogP contribution is -1.98. The number of carbonyl (C=O) groups excluding carboxylic acids is 1. The summed E-state index contributed by atoms with van der Waals surface area (Å²) in [4.78, 5) is 15.9. The van der Waals surface area contributed by atoms with Gasteiger partial charge in [0.1, 0.15) is 11.6 Å². The molecule has 2 aromatic heterocycles. The fourth-order valence-electron chi connectivity index (χ4n) is 2.06. The number of fused-ring (bicyclic) bond motifs is 1. The van der Waals surface area contributed by atoms with Crippen LogP contribution in [0.3, 0.4) is 0 Å². The molecule has 0 spiro atoms. The summed E-state index contributed by atoms with van der Waals surface area (Å²) in [5.41, 5.74) is 1.99. The third-order valence-corrected chi connectivity index (χ3v) is 3.90. The van der Waals surface area contributed by atoms with Crippen LogP contribution in [0.25, 0.3) is 17.0 Å². The molecule has 2 heterocycles. The fourth-order valence-corrected chi connectivity index (χ4v) is 2.74. The Morgan fingerprint density at radius 3 is 2.85 bits per heavy atom. The third-order valence-electron chi connectivity index (χ3n) is 3.03. The van der Waals surface area contributed by atoms with Crippen LogP contribution in [0.1, 0.15) is 15.2 Å². The second-order valence-electron chi connectivity index (χ2n) is 4.27. The number of nitriles is 1. The summed E-state index contributed by atoms with van der Waals surface area (Å²) in [7, 11) is 0. The van der Waals surface area contributed by atoms with E-state index < -0.39 is 0 Å². The molecule has 0 unspecified atom stereocenters.